The monoisotopic (exact) mass is 442 g/mol. The topological polar surface area (TPSA) is 74.4 Å². The maximum absolute atomic E-state index is 12.2. The van der Waals surface area contributed by atoms with Crippen LogP contribution in [0.2, 0.25) is 0 Å². The van der Waals surface area contributed by atoms with E-state index < -0.39 is 17.1 Å². The van der Waals surface area contributed by atoms with Gasteiger partial charge in [-0.15, -0.1) is 0 Å². The summed E-state index contributed by atoms with van der Waals surface area (Å²) in [5, 5.41) is 0.518. The molecule has 0 unspecified atom stereocenters. The lowest BCUT2D eigenvalue weighted by Crippen LogP contribution is -2.29. The van der Waals surface area contributed by atoms with Crippen molar-refractivity contribution >= 4 is 48.6 Å². The molecule has 144 valence electrons. The number of nitrogens with two attached hydrogens (primary N) is 1. The highest BCUT2D eigenvalue weighted by atomic mass is 79.9. The number of rotatable bonds is 4. The number of fused-ring (bicyclic) bond motifs is 1. The van der Waals surface area contributed by atoms with Crippen LogP contribution in [0.4, 0.5) is 5.13 Å². The van der Waals surface area contributed by atoms with Gasteiger partial charge in [0, 0.05) is 10.0 Å². The molecule has 0 spiro atoms. The van der Waals surface area contributed by atoms with Gasteiger partial charge in [-0.3, -0.25) is 4.79 Å². The highest BCUT2D eigenvalue weighted by molar-refractivity contribution is 9.10. The highest BCUT2D eigenvalue weighted by Gasteiger charge is 2.29. The van der Waals surface area contributed by atoms with Gasteiger partial charge in [-0.25, -0.2) is 4.98 Å². The first kappa shape index (κ1) is 21.1. The number of hydrogen-bond acceptors (Lipinski definition) is 6. The molecular formula is C19H27BrN2O3S. The number of hydrogen-bond donors (Lipinski definition) is 1. The van der Waals surface area contributed by atoms with Gasteiger partial charge < -0.3 is 15.2 Å². The summed E-state index contributed by atoms with van der Waals surface area (Å²) in [5.74, 6) is -0.253. The molecule has 2 aromatic rings. The van der Waals surface area contributed by atoms with Gasteiger partial charge in [-0.1, -0.05) is 11.3 Å². The molecule has 0 aliphatic heterocycles. The van der Waals surface area contributed by atoms with E-state index in [1.165, 1.54) is 11.3 Å². The Bertz CT molecular complexity index is 819. The summed E-state index contributed by atoms with van der Waals surface area (Å²) in [4.78, 5) is 16.6. The predicted molar refractivity (Wildman–Crippen MR) is 110 cm³/mol. The average molecular weight is 443 g/mol. The summed E-state index contributed by atoms with van der Waals surface area (Å²) in [6.45, 7) is 13.6. The Morgan fingerprint density at radius 2 is 1.92 bits per heavy atom. The lowest BCUT2D eigenvalue weighted by Gasteiger charge is -2.30. The summed E-state index contributed by atoms with van der Waals surface area (Å²) in [7, 11) is 0. The van der Waals surface area contributed by atoms with Crippen LogP contribution in [0.1, 0.15) is 58.8 Å². The minimum absolute atomic E-state index is 0.145. The Kier molecular flexibility index (Phi) is 6.05. The molecule has 0 amide bonds. The zero-order valence-electron chi connectivity index (χ0n) is 16.4. The van der Waals surface area contributed by atoms with E-state index in [1.54, 1.807) is 0 Å². The number of halogens is 1. The van der Waals surface area contributed by atoms with Gasteiger partial charge in [-0.05, 0) is 76.0 Å². The number of esters is 1. The molecule has 26 heavy (non-hydrogen) atoms. The van der Waals surface area contributed by atoms with Crippen molar-refractivity contribution in [3.05, 3.63) is 21.7 Å². The fraction of sp³-hybridized carbons (Fsp3) is 0.579. The predicted octanol–water partition coefficient (Wildman–Crippen LogP) is 5.39. The lowest BCUT2D eigenvalue weighted by atomic mass is 9.97. The highest BCUT2D eigenvalue weighted by Crippen LogP contribution is 2.40. The van der Waals surface area contributed by atoms with Crippen LogP contribution in [0.15, 0.2) is 10.5 Å². The van der Waals surface area contributed by atoms with Crippen LogP contribution >= 0.6 is 27.3 Å². The average Bonchev–Trinajstić information content (AvgIpc) is 2.82. The molecule has 0 saturated carbocycles. The minimum Gasteiger partial charge on any atom is -0.462 e. The zero-order chi connectivity index (χ0) is 19.9. The van der Waals surface area contributed by atoms with Crippen molar-refractivity contribution in [2.45, 2.75) is 60.2 Å². The van der Waals surface area contributed by atoms with E-state index >= 15 is 0 Å². The number of carbonyl (C=O) groups is 1. The van der Waals surface area contributed by atoms with E-state index in [-0.39, 0.29) is 12.6 Å². The number of carbonyl (C=O) groups excluding carboxylic acids is 1. The van der Waals surface area contributed by atoms with Gasteiger partial charge in [0.2, 0.25) is 0 Å². The zero-order valence-corrected chi connectivity index (χ0v) is 18.8. The Morgan fingerprint density at radius 1 is 1.31 bits per heavy atom. The number of ether oxygens (including phenoxy) is 2. The number of aryl methyl sites for hydroxylation is 1. The molecule has 0 bridgehead atoms. The largest absolute Gasteiger partial charge is 0.462 e. The number of anilines is 1. The van der Waals surface area contributed by atoms with E-state index in [2.05, 4.69) is 20.9 Å². The summed E-state index contributed by atoms with van der Waals surface area (Å²) in [6.07, 6.45) is -0.400. The third-order valence-electron chi connectivity index (χ3n) is 3.68. The van der Waals surface area contributed by atoms with Gasteiger partial charge in [0.25, 0.3) is 0 Å². The molecule has 0 radical (unpaired) electrons. The van der Waals surface area contributed by atoms with Crippen molar-refractivity contribution in [1.82, 2.24) is 4.98 Å². The van der Waals surface area contributed by atoms with Crippen LogP contribution in [0.3, 0.4) is 0 Å². The van der Waals surface area contributed by atoms with Gasteiger partial charge >= 0.3 is 5.97 Å². The first-order valence-corrected chi connectivity index (χ1v) is 10.1. The van der Waals surface area contributed by atoms with Crippen molar-refractivity contribution in [3.63, 3.8) is 0 Å². The molecule has 1 aromatic carbocycles. The fourth-order valence-corrected chi connectivity index (χ4v) is 4.32. The number of thiazole rings is 1. The number of benzene rings is 1. The molecule has 0 saturated heterocycles. The first-order valence-electron chi connectivity index (χ1n) is 8.49. The van der Waals surface area contributed by atoms with Crippen LogP contribution in [0.25, 0.3) is 10.2 Å². The standard InChI is InChI=1S/C19H27BrN2O3S/c1-10-8-11-15(26-17(21)22-11)14(20)13(10)12(25-19(5,6)7)9-24-16(23)18(2,3)4/h8,12H,9H2,1-7H3,(H2,21,22)/t12-/m0/s1. The van der Waals surface area contributed by atoms with Crippen molar-refractivity contribution < 1.29 is 14.3 Å². The van der Waals surface area contributed by atoms with Crippen LogP contribution in [0.5, 0.6) is 0 Å². The second-order valence-electron chi connectivity index (χ2n) is 8.39. The summed E-state index contributed by atoms with van der Waals surface area (Å²) < 4.78 is 13.7. The molecule has 5 nitrogen and oxygen atoms in total. The molecule has 1 heterocycles. The minimum atomic E-state index is -0.561. The van der Waals surface area contributed by atoms with Gasteiger partial charge in [0.1, 0.15) is 12.7 Å². The van der Waals surface area contributed by atoms with E-state index in [1.807, 2.05) is 54.5 Å². The molecule has 0 aliphatic rings. The van der Waals surface area contributed by atoms with Crippen LogP contribution in [0, 0.1) is 12.3 Å². The molecule has 0 fully saturated rings. The van der Waals surface area contributed by atoms with E-state index in [4.69, 9.17) is 15.2 Å². The number of nitrogens with zero attached hydrogens (tertiary/aromatic N) is 1. The molecule has 1 atom stereocenters. The van der Waals surface area contributed by atoms with Gasteiger partial charge in [0.15, 0.2) is 5.13 Å². The van der Waals surface area contributed by atoms with Crippen molar-refractivity contribution in [3.8, 4) is 0 Å². The second-order valence-corrected chi connectivity index (χ2v) is 10.2. The fourth-order valence-electron chi connectivity index (χ4n) is 2.55. The third-order valence-corrected chi connectivity index (χ3v) is 5.68. The number of aromatic nitrogens is 1. The molecule has 0 aliphatic carbocycles. The SMILES string of the molecule is Cc1cc2nc(N)sc2c(Br)c1[C@H](COC(=O)C(C)(C)C)OC(C)(C)C. The van der Waals surface area contributed by atoms with E-state index in [0.717, 1.165) is 25.8 Å². The van der Waals surface area contributed by atoms with Crippen LogP contribution < -0.4 is 5.73 Å². The maximum atomic E-state index is 12.2. The second kappa shape index (κ2) is 7.44. The van der Waals surface area contributed by atoms with Crippen molar-refractivity contribution in [2.75, 3.05) is 12.3 Å². The number of nitrogen functional groups attached to an aromatic ring is 1. The Morgan fingerprint density at radius 3 is 2.46 bits per heavy atom. The van der Waals surface area contributed by atoms with Crippen LogP contribution in [-0.2, 0) is 14.3 Å². The molecule has 7 heteroatoms. The quantitative estimate of drug-likeness (QED) is 0.641. The summed E-state index contributed by atoms with van der Waals surface area (Å²) >= 11 is 5.12. The summed E-state index contributed by atoms with van der Waals surface area (Å²) in [5.41, 5.74) is 7.73. The Balaban J connectivity index is 2.44. The lowest BCUT2D eigenvalue weighted by molar-refractivity contribution is -0.162. The van der Waals surface area contributed by atoms with Gasteiger partial charge in [-0.2, -0.15) is 0 Å². The molecule has 1 aromatic heterocycles. The smallest absolute Gasteiger partial charge is 0.311 e. The molecule has 2 N–H and O–H groups in total. The summed E-state index contributed by atoms with van der Waals surface area (Å²) in [6, 6.07) is 1.99. The molecule has 2 rings (SSSR count). The van der Waals surface area contributed by atoms with E-state index in [0.29, 0.717) is 5.13 Å². The normalized spacial score (nSPS) is 13.8. The first-order chi connectivity index (χ1) is 11.8. The Labute approximate surface area is 167 Å². The maximum Gasteiger partial charge on any atom is 0.311 e. The van der Waals surface area contributed by atoms with Gasteiger partial charge in [0.05, 0.1) is 21.2 Å². The van der Waals surface area contributed by atoms with Crippen LogP contribution in [-0.4, -0.2) is 23.2 Å². The Hall–Kier alpha value is -1.18. The molecular weight excluding hydrogens is 416 g/mol. The van der Waals surface area contributed by atoms with Crippen molar-refractivity contribution in [1.29, 1.82) is 0 Å². The third kappa shape index (κ3) is 4.96. The van der Waals surface area contributed by atoms with E-state index in [9.17, 15) is 4.79 Å². The van der Waals surface area contributed by atoms with Crippen molar-refractivity contribution in [2.24, 2.45) is 5.41 Å².